The highest BCUT2D eigenvalue weighted by atomic mass is 16.5. The molecule has 0 bridgehead atoms. The molecule has 1 fully saturated rings. The molecule has 0 aromatic carbocycles. The number of hydrogen-bond acceptors (Lipinski definition) is 5. The minimum absolute atomic E-state index is 0.0723. The van der Waals surface area contributed by atoms with Crippen molar-refractivity contribution in [3.05, 3.63) is 5.82 Å². The van der Waals surface area contributed by atoms with Crippen molar-refractivity contribution in [2.45, 2.75) is 51.7 Å². The first-order valence-electron chi connectivity index (χ1n) is 8.17. The third kappa shape index (κ3) is 3.69. The molecule has 2 atom stereocenters. The molecular weight excluding hydrogens is 298 g/mol. The quantitative estimate of drug-likeness (QED) is 0.830. The summed E-state index contributed by atoms with van der Waals surface area (Å²) in [7, 11) is 0. The zero-order chi connectivity index (χ0) is 16.4. The number of ether oxygens (including phenoxy) is 1. The van der Waals surface area contributed by atoms with Gasteiger partial charge in [0.2, 0.25) is 17.8 Å². The normalized spacial score (nSPS) is 23.7. The molecule has 1 saturated heterocycles. The van der Waals surface area contributed by atoms with E-state index in [2.05, 4.69) is 34.6 Å². The number of anilines is 1. The smallest absolute Gasteiger partial charge is 0.245 e. The number of aromatic nitrogens is 3. The van der Waals surface area contributed by atoms with Gasteiger partial charge in [0.15, 0.2) is 5.82 Å². The molecule has 3 rings (SSSR count). The number of fused-ring (bicyclic) bond motifs is 1. The molecule has 0 radical (unpaired) electrons. The number of carbonyl (C=O) groups excluding carboxylic acids is 2. The molecule has 8 heteroatoms. The largest absolute Gasteiger partial charge is 0.376 e. The van der Waals surface area contributed by atoms with Crippen molar-refractivity contribution in [3.63, 3.8) is 0 Å². The van der Waals surface area contributed by atoms with Crippen molar-refractivity contribution < 1.29 is 14.3 Å². The SMILES string of the molecule is CC(C)Cc1nc2n(n1)[C@@H](C(=O)NC[C@H]1CCCO1)CC(=O)N2. The summed E-state index contributed by atoms with van der Waals surface area (Å²) in [5.41, 5.74) is 0. The van der Waals surface area contributed by atoms with E-state index in [1.807, 2.05) is 0 Å². The fourth-order valence-electron chi connectivity index (χ4n) is 2.90. The van der Waals surface area contributed by atoms with Gasteiger partial charge in [0.05, 0.1) is 12.5 Å². The number of carbonyl (C=O) groups is 2. The third-order valence-corrected chi connectivity index (χ3v) is 4.02. The van der Waals surface area contributed by atoms with Crippen LogP contribution in [0.5, 0.6) is 0 Å². The highest BCUT2D eigenvalue weighted by Crippen LogP contribution is 2.23. The maximum absolute atomic E-state index is 12.5. The highest BCUT2D eigenvalue weighted by molar-refractivity contribution is 5.96. The Morgan fingerprint density at radius 1 is 1.52 bits per heavy atom. The summed E-state index contributed by atoms with van der Waals surface area (Å²) in [6.07, 6.45) is 2.84. The van der Waals surface area contributed by atoms with E-state index in [0.29, 0.717) is 30.7 Å². The Hall–Kier alpha value is -1.96. The van der Waals surface area contributed by atoms with Gasteiger partial charge in [-0.1, -0.05) is 13.8 Å². The predicted octanol–water partition coefficient (Wildman–Crippen LogP) is 0.655. The first kappa shape index (κ1) is 15.9. The van der Waals surface area contributed by atoms with Crippen LogP contribution in [-0.4, -0.2) is 45.8 Å². The summed E-state index contributed by atoms with van der Waals surface area (Å²) in [6, 6.07) is -0.645. The lowest BCUT2D eigenvalue weighted by Gasteiger charge is -2.23. The summed E-state index contributed by atoms with van der Waals surface area (Å²) in [5, 5.41) is 9.96. The monoisotopic (exact) mass is 321 g/mol. The Kier molecular flexibility index (Phi) is 4.61. The fourth-order valence-corrected chi connectivity index (χ4v) is 2.90. The molecule has 0 spiro atoms. The molecule has 2 aliphatic heterocycles. The fraction of sp³-hybridized carbons (Fsp3) is 0.733. The Labute approximate surface area is 135 Å². The van der Waals surface area contributed by atoms with Crippen molar-refractivity contribution in [1.82, 2.24) is 20.1 Å². The number of nitrogens with one attached hydrogen (secondary N) is 2. The number of nitrogens with zero attached hydrogens (tertiary/aromatic N) is 3. The van der Waals surface area contributed by atoms with Crippen LogP contribution in [0.25, 0.3) is 0 Å². The molecule has 3 heterocycles. The molecule has 1 aromatic heterocycles. The van der Waals surface area contributed by atoms with E-state index in [0.717, 1.165) is 19.4 Å². The minimum atomic E-state index is -0.645. The first-order valence-corrected chi connectivity index (χ1v) is 8.17. The van der Waals surface area contributed by atoms with E-state index < -0.39 is 6.04 Å². The van der Waals surface area contributed by atoms with E-state index in [-0.39, 0.29) is 24.3 Å². The molecule has 8 nitrogen and oxygen atoms in total. The predicted molar refractivity (Wildman–Crippen MR) is 82.8 cm³/mol. The van der Waals surface area contributed by atoms with Gasteiger partial charge in [0.25, 0.3) is 0 Å². The molecule has 0 saturated carbocycles. The van der Waals surface area contributed by atoms with Gasteiger partial charge in [-0.15, -0.1) is 0 Å². The summed E-state index contributed by atoms with van der Waals surface area (Å²) >= 11 is 0. The number of rotatable bonds is 5. The molecule has 2 N–H and O–H groups in total. The Morgan fingerprint density at radius 3 is 3.04 bits per heavy atom. The minimum Gasteiger partial charge on any atom is -0.376 e. The van der Waals surface area contributed by atoms with Gasteiger partial charge in [0, 0.05) is 19.6 Å². The average molecular weight is 321 g/mol. The van der Waals surface area contributed by atoms with Crippen LogP contribution in [0.3, 0.4) is 0 Å². The summed E-state index contributed by atoms with van der Waals surface area (Å²) in [4.78, 5) is 28.6. The molecule has 2 amide bonds. The Bertz CT molecular complexity index is 592. The second kappa shape index (κ2) is 6.66. The van der Waals surface area contributed by atoms with Crippen molar-refractivity contribution in [2.75, 3.05) is 18.5 Å². The number of hydrogen-bond donors (Lipinski definition) is 2. The average Bonchev–Trinajstić information content (AvgIpc) is 3.11. The molecule has 1 aromatic rings. The summed E-state index contributed by atoms with van der Waals surface area (Å²) in [5.74, 6) is 0.987. The summed E-state index contributed by atoms with van der Waals surface area (Å²) in [6.45, 7) is 5.37. The van der Waals surface area contributed by atoms with Crippen molar-refractivity contribution >= 4 is 17.8 Å². The topological polar surface area (TPSA) is 98.1 Å². The molecule has 126 valence electrons. The highest BCUT2D eigenvalue weighted by Gasteiger charge is 2.33. The van der Waals surface area contributed by atoms with Crippen LogP contribution < -0.4 is 10.6 Å². The van der Waals surface area contributed by atoms with Crippen molar-refractivity contribution in [2.24, 2.45) is 5.92 Å². The van der Waals surface area contributed by atoms with Crippen LogP contribution in [0.1, 0.15) is 45.0 Å². The van der Waals surface area contributed by atoms with E-state index in [9.17, 15) is 9.59 Å². The Balaban J connectivity index is 1.70. The number of amides is 2. The van der Waals surface area contributed by atoms with Crippen LogP contribution in [0, 0.1) is 5.92 Å². The third-order valence-electron chi connectivity index (χ3n) is 4.02. The zero-order valence-corrected chi connectivity index (χ0v) is 13.5. The van der Waals surface area contributed by atoms with E-state index >= 15 is 0 Å². The van der Waals surface area contributed by atoms with Crippen LogP contribution in [-0.2, 0) is 20.7 Å². The lowest BCUT2D eigenvalue weighted by Crippen LogP contribution is -2.41. The van der Waals surface area contributed by atoms with E-state index in [1.54, 1.807) is 0 Å². The van der Waals surface area contributed by atoms with Crippen LogP contribution >= 0.6 is 0 Å². The zero-order valence-electron chi connectivity index (χ0n) is 13.5. The van der Waals surface area contributed by atoms with Crippen molar-refractivity contribution in [3.8, 4) is 0 Å². The molecular formula is C15H23N5O3. The van der Waals surface area contributed by atoms with Gasteiger partial charge in [0.1, 0.15) is 6.04 Å². The maximum Gasteiger partial charge on any atom is 0.245 e. The molecule has 0 unspecified atom stereocenters. The van der Waals surface area contributed by atoms with Gasteiger partial charge in [-0.05, 0) is 18.8 Å². The van der Waals surface area contributed by atoms with Gasteiger partial charge in [-0.3, -0.25) is 14.9 Å². The van der Waals surface area contributed by atoms with E-state index in [1.165, 1.54) is 4.68 Å². The van der Waals surface area contributed by atoms with Gasteiger partial charge >= 0.3 is 0 Å². The van der Waals surface area contributed by atoms with E-state index in [4.69, 9.17) is 4.74 Å². The lowest BCUT2D eigenvalue weighted by molar-refractivity contribution is -0.129. The van der Waals surface area contributed by atoms with Gasteiger partial charge in [-0.2, -0.15) is 10.1 Å². The second-order valence-electron chi connectivity index (χ2n) is 6.54. The molecule has 0 aliphatic carbocycles. The van der Waals surface area contributed by atoms with Gasteiger partial charge in [-0.25, -0.2) is 4.68 Å². The summed E-state index contributed by atoms with van der Waals surface area (Å²) < 4.78 is 7.03. The Morgan fingerprint density at radius 2 is 2.35 bits per heavy atom. The molecule has 2 aliphatic rings. The standard InChI is InChI=1S/C15H23N5O3/c1-9(2)6-12-17-15-18-13(21)7-11(20(15)19-12)14(22)16-8-10-4-3-5-23-10/h9-11H,3-8H2,1-2H3,(H,16,22)(H,17,18,19,21)/t10-,11-/m1/s1. The van der Waals surface area contributed by atoms with Crippen LogP contribution in [0.15, 0.2) is 0 Å². The lowest BCUT2D eigenvalue weighted by atomic mass is 10.1. The van der Waals surface area contributed by atoms with Gasteiger partial charge < -0.3 is 10.1 Å². The van der Waals surface area contributed by atoms with Crippen LogP contribution in [0.2, 0.25) is 0 Å². The van der Waals surface area contributed by atoms with Crippen LogP contribution in [0.4, 0.5) is 5.95 Å². The van der Waals surface area contributed by atoms with Crippen molar-refractivity contribution in [1.29, 1.82) is 0 Å². The maximum atomic E-state index is 12.5. The molecule has 23 heavy (non-hydrogen) atoms. The second-order valence-corrected chi connectivity index (χ2v) is 6.54. The first-order chi connectivity index (χ1) is 11.0.